The van der Waals surface area contributed by atoms with Gasteiger partial charge in [-0.25, -0.2) is 0 Å². The summed E-state index contributed by atoms with van der Waals surface area (Å²) in [4.78, 5) is 12.3. The Morgan fingerprint density at radius 1 is 1.10 bits per heavy atom. The van der Waals surface area contributed by atoms with Gasteiger partial charge in [-0.3, -0.25) is 9.35 Å². The van der Waals surface area contributed by atoms with E-state index in [4.69, 9.17) is 20.9 Å². The fourth-order valence-electron chi connectivity index (χ4n) is 3.21. The van der Waals surface area contributed by atoms with Crippen molar-refractivity contribution >= 4 is 27.7 Å². The molecule has 0 saturated carbocycles. The number of ether oxygens (including phenoxy) is 1. The molecule has 0 aliphatic carbocycles. The number of benzene rings is 2. The van der Waals surface area contributed by atoms with Crippen LogP contribution in [-0.4, -0.2) is 38.6 Å². The first kappa shape index (κ1) is 23.3. The van der Waals surface area contributed by atoms with Gasteiger partial charge in [-0.05, 0) is 69.6 Å². The molecular formula is C21H26ClNO5S. The van der Waals surface area contributed by atoms with Crippen LogP contribution in [0.5, 0.6) is 0 Å². The monoisotopic (exact) mass is 439 g/mol. The van der Waals surface area contributed by atoms with Crippen LogP contribution in [0.15, 0.2) is 53.4 Å². The van der Waals surface area contributed by atoms with Crippen LogP contribution in [0.2, 0.25) is 5.02 Å². The number of carbonyl (C=O) groups is 1. The van der Waals surface area contributed by atoms with Crippen LogP contribution < -0.4 is 5.32 Å². The zero-order chi connectivity index (χ0) is 21.5. The molecule has 1 fully saturated rings. The quantitative estimate of drug-likeness (QED) is 0.556. The Balaban J connectivity index is 0.000000234. The first-order chi connectivity index (χ1) is 13.7. The Kier molecular flexibility index (Phi) is 8.22. The van der Waals surface area contributed by atoms with Crippen molar-refractivity contribution in [1.82, 2.24) is 5.32 Å². The van der Waals surface area contributed by atoms with E-state index in [1.54, 1.807) is 12.1 Å². The average molecular weight is 440 g/mol. The van der Waals surface area contributed by atoms with E-state index in [1.165, 1.54) is 12.1 Å². The second-order valence-electron chi connectivity index (χ2n) is 6.85. The summed E-state index contributed by atoms with van der Waals surface area (Å²) >= 11 is 5.91. The minimum absolute atomic E-state index is 0.0666. The van der Waals surface area contributed by atoms with Crippen molar-refractivity contribution in [2.45, 2.75) is 37.0 Å². The topological polar surface area (TPSA) is 92.7 Å². The molecule has 6 nitrogen and oxygen atoms in total. The van der Waals surface area contributed by atoms with Crippen LogP contribution in [0, 0.1) is 6.92 Å². The normalized spacial score (nSPS) is 15.7. The smallest absolute Gasteiger partial charge is 0.316 e. The molecule has 0 bridgehead atoms. The molecule has 0 radical (unpaired) electrons. The van der Waals surface area contributed by atoms with Gasteiger partial charge in [-0.2, -0.15) is 8.42 Å². The lowest BCUT2D eigenvalue weighted by Gasteiger charge is -2.35. The first-order valence-electron chi connectivity index (χ1n) is 9.37. The van der Waals surface area contributed by atoms with Crippen LogP contribution >= 0.6 is 11.6 Å². The van der Waals surface area contributed by atoms with E-state index < -0.39 is 15.5 Å². The lowest BCUT2D eigenvalue weighted by Crippen LogP contribution is -2.46. The van der Waals surface area contributed by atoms with E-state index in [9.17, 15) is 13.2 Å². The van der Waals surface area contributed by atoms with Crippen molar-refractivity contribution in [3.8, 4) is 0 Å². The van der Waals surface area contributed by atoms with Crippen LogP contribution in [0.1, 0.15) is 30.9 Å². The number of nitrogens with one attached hydrogen (secondary N) is 1. The van der Waals surface area contributed by atoms with Crippen molar-refractivity contribution in [3.63, 3.8) is 0 Å². The molecule has 2 aromatic carbocycles. The number of hydrogen-bond acceptors (Lipinski definition) is 5. The Morgan fingerprint density at radius 3 is 2.14 bits per heavy atom. The zero-order valence-corrected chi connectivity index (χ0v) is 18.1. The number of esters is 1. The van der Waals surface area contributed by atoms with Gasteiger partial charge >= 0.3 is 5.97 Å². The van der Waals surface area contributed by atoms with Crippen molar-refractivity contribution in [1.29, 1.82) is 0 Å². The second-order valence-corrected chi connectivity index (χ2v) is 8.71. The maximum absolute atomic E-state index is 12.3. The minimum atomic E-state index is -4.02. The molecule has 0 spiro atoms. The molecule has 0 amide bonds. The third-order valence-electron chi connectivity index (χ3n) is 4.84. The van der Waals surface area contributed by atoms with Gasteiger partial charge < -0.3 is 10.1 Å². The van der Waals surface area contributed by atoms with Gasteiger partial charge in [0.05, 0.1) is 16.9 Å². The number of hydrogen-bond donors (Lipinski definition) is 2. The van der Waals surface area contributed by atoms with Gasteiger partial charge in [0.25, 0.3) is 10.1 Å². The molecule has 0 unspecified atom stereocenters. The highest BCUT2D eigenvalue weighted by molar-refractivity contribution is 7.85. The van der Waals surface area contributed by atoms with E-state index in [-0.39, 0.29) is 10.9 Å². The summed E-state index contributed by atoms with van der Waals surface area (Å²) in [6.45, 7) is 5.77. The summed E-state index contributed by atoms with van der Waals surface area (Å²) in [7, 11) is -4.02. The Labute approximate surface area is 177 Å². The van der Waals surface area contributed by atoms with E-state index in [2.05, 4.69) is 5.32 Å². The Morgan fingerprint density at radius 2 is 1.66 bits per heavy atom. The summed E-state index contributed by atoms with van der Waals surface area (Å²) in [5.74, 6) is -0.117. The lowest BCUT2D eigenvalue weighted by molar-refractivity contribution is -0.151. The van der Waals surface area contributed by atoms with Crippen LogP contribution in [-0.2, 0) is 25.1 Å². The predicted octanol–water partition coefficient (Wildman–Crippen LogP) is 3.77. The van der Waals surface area contributed by atoms with Crippen LogP contribution in [0.4, 0.5) is 0 Å². The fourth-order valence-corrected chi connectivity index (χ4v) is 3.82. The van der Waals surface area contributed by atoms with Crippen molar-refractivity contribution < 1.29 is 22.5 Å². The third kappa shape index (κ3) is 6.27. The van der Waals surface area contributed by atoms with E-state index >= 15 is 0 Å². The molecular weight excluding hydrogens is 414 g/mol. The molecule has 0 aromatic heterocycles. The zero-order valence-electron chi connectivity index (χ0n) is 16.5. The SMILES string of the molecule is CCOC(=O)C1(c2ccc(Cl)cc2)CCNCC1.Cc1ccc(S(=O)(=O)O)cc1. The number of piperidine rings is 1. The number of carbonyl (C=O) groups excluding carboxylic acids is 1. The largest absolute Gasteiger partial charge is 0.465 e. The van der Waals surface area contributed by atoms with Gasteiger partial charge in [0.15, 0.2) is 0 Å². The summed E-state index contributed by atoms with van der Waals surface area (Å²) in [5, 5.41) is 3.97. The average Bonchev–Trinajstić information content (AvgIpc) is 2.69. The minimum Gasteiger partial charge on any atom is -0.465 e. The van der Waals surface area contributed by atoms with Gasteiger partial charge in [0.2, 0.25) is 0 Å². The molecule has 2 aromatic rings. The van der Waals surface area contributed by atoms with Gasteiger partial charge in [0, 0.05) is 5.02 Å². The van der Waals surface area contributed by atoms with Gasteiger partial charge in [-0.1, -0.05) is 41.4 Å². The maximum atomic E-state index is 12.3. The molecule has 158 valence electrons. The molecule has 2 N–H and O–H groups in total. The lowest BCUT2D eigenvalue weighted by atomic mass is 9.73. The molecule has 1 aliphatic rings. The van der Waals surface area contributed by atoms with Gasteiger partial charge in [-0.15, -0.1) is 0 Å². The summed E-state index contributed by atoms with van der Waals surface area (Å²) in [6.07, 6.45) is 1.54. The van der Waals surface area contributed by atoms with Gasteiger partial charge in [0.1, 0.15) is 0 Å². The van der Waals surface area contributed by atoms with E-state index in [1.807, 2.05) is 38.1 Å². The standard InChI is InChI=1S/C14H18ClNO2.C7H8O3S/c1-2-18-13(17)14(7-9-16-10-8-14)11-3-5-12(15)6-4-11;1-6-2-4-7(5-3-6)11(8,9)10/h3-6,16H,2,7-10H2,1H3;2-5H,1H3,(H,8,9,10). The summed E-state index contributed by atoms with van der Waals surface area (Å²) in [6, 6.07) is 13.5. The number of halogens is 1. The molecule has 29 heavy (non-hydrogen) atoms. The summed E-state index contributed by atoms with van der Waals surface area (Å²) < 4.78 is 34.8. The van der Waals surface area contributed by atoms with Crippen molar-refractivity contribution in [2.24, 2.45) is 0 Å². The first-order valence-corrected chi connectivity index (χ1v) is 11.2. The number of rotatable bonds is 4. The number of aryl methyl sites for hydroxylation is 1. The Bertz CT molecular complexity index is 905. The Hall–Kier alpha value is -1.93. The van der Waals surface area contributed by atoms with E-state index in [0.717, 1.165) is 37.1 Å². The van der Waals surface area contributed by atoms with Crippen LogP contribution in [0.3, 0.4) is 0 Å². The summed E-state index contributed by atoms with van der Waals surface area (Å²) in [5.41, 5.74) is 1.45. The highest BCUT2D eigenvalue weighted by atomic mass is 35.5. The van der Waals surface area contributed by atoms with Crippen molar-refractivity contribution in [3.05, 3.63) is 64.7 Å². The molecule has 1 saturated heterocycles. The fraction of sp³-hybridized carbons (Fsp3) is 0.381. The molecule has 1 heterocycles. The third-order valence-corrected chi connectivity index (χ3v) is 5.96. The predicted molar refractivity (Wildman–Crippen MR) is 113 cm³/mol. The van der Waals surface area contributed by atoms with Crippen LogP contribution in [0.25, 0.3) is 0 Å². The highest BCUT2D eigenvalue weighted by Gasteiger charge is 2.42. The maximum Gasteiger partial charge on any atom is 0.316 e. The molecule has 1 aliphatic heterocycles. The second kappa shape index (κ2) is 10.2. The molecule has 8 heteroatoms. The molecule has 0 atom stereocenters. The van der Waals surface area contributed by atoms with Crippen molar-refractivity contribution in [2.75, 3.05) is 19.7 Å². The van der Waals surface area contributed by atoms with E-state index in [0.29, 0.717) is 11.6 Å². The highest BCUT2D eigenvalue weighted by Crippen LogP contribution is 2.35. The molecule has 3 rings (SSSR count).